The van der Waals surface area contributed by atoms with Gasteiger partial charge in [0.15, 0.2) is 0 Å². The molecule has 0 spiro atoms. The highest BCUT2D eigenvalue weighted by molar-refractivity contribution is 7.88. The van der Waals surface area contributed by atoms with Crippen molar-refractivity contribution < 1.29 is 13.2 Å². The lowest BCUT2D eigenvalue weighted by molar-refractivity contribution is -0.121. The molecule has 0 aliphatic rings. The zero-order valence-corrected chi connectivity index (χ0v) is 12.9. The number of carbonyl (C=O) groups excluding carboxylic acids is 1. The van der Waals surface area contributed by atoms with Crippen LogP contribution in [0.4, 0.5) is 0 Å². The Morgan fingerprint density at radius 1 is 1.40 bits per heavy atom. The summed E-state index contributed by atoms with van der Waals surface area (Å²) in [6, 6.07) is 5.41. The van der Waals surface area contributed by atoms with Gasteiger partial charge in [-0.1, -0.05) is 19.9 Å². The first-order valence-electron chi connectivity index (χ1n) is 6.40. The maximum Gasteiger partial charge on any atom is 0.235 e. The van der Waals surface area contributed by atoms with Gasteiger partial charge in [-0.2, -0.15) is 4.31 Å². The molecule has 1 amide bonds. The van der Waals surface area contributed by atoms with E-state index in [4.69, 9.17) is 0 Å². The van der Waals surface area contributed by atoms with E-state index in [-0.39, 0.29) is 18.4 Å². The standard InChI is InChI=1S/C13H21N3O3S/c1-11(2)9-16(20(3,18)19)10-13(17)15-8-12-6-4-5-7-14-12/h4-7,11H,8-10H2,1-3H3,(H,15,17). The van der Waals surface area contributed by atoms with Crippen LogP contribution in [0, 0.1) is 5.92 Å². The molecule has 1 aromatic heterocycles. The maximum absolute atomic E-state index is 11.8. The number of nitrogens with zero attached hydrogens (tertiary/aromatic N) is 2. The summed E-state index contributed by atoms with van der Waals surface area (Å²) in [4.78, 5) is 15.9. The van der Waals surface area contributed by atoms with Gasteiger partial charge in [-0.15, -0.1) is 0 Å². The molecule has 20 heavy (non-hydrogen) atoms. The van der Waals surface area contributed by atoms with Crippen LogP contribution in [0.5, 0.6) is 0 Å². The zero-order valence-electron chi connectivity index (χ0n) is 12.0. The summed E-state index contributed by atoms with van der Waals surface area (Å²) in [7, 11) is -3.38. The number of rotatable bonds is 7. The van der Waals surface area contributed by atoms with Gasteiger partial charge in [0.05, 0.1) is 25.0 Å². The number of hydrogen-bond acceptors (Lipinski definition) is 4. The molecule has 0 saturated heterocycles. The Hall–Kier alpha value is -1.47. The highest BCUT2D eigenvalue weighted by Gasteiger charge is 2.20. The molecule has 1 aromatic rings. The molecule has 0 saturated carbocycles. The van der Waals surface area contributed by atoms with E-state index in [2.05, 4.69) is 10.3 Å². The van der Waals surface area contributed by atoms with Crippen LogP contribution in [0.25, 0.3) is 0 Å². The third kappa shape index (κ3) is 6.12. The van der Waals surface area contributed by atoms with Crippen molar-refractivity contribution in [2.75, 3.05) is 19.3 Å². The van der Waals surface area contributed by atoms with Crippen molar-refractivity contribution in [1.29, 1.82) is 0 Å². The third-order valence-corrected chi connectivity index (χ3v) is 3.77. The van der Waals surface area contributed by atoms with Crippen LogP contribution in [0.1, 0.15) is 19.5 Å². The normalized spacial score (nSPS) is 11.8. The minimum atomic E-state index is -3.38. The van der Waals surface area contributed by atoms with Gasteiger partial charge in [-0.25, -0.2) is 8.42 Å². The largest absolute Gasteiger partial charge is 0.349 e. The predicted molar refractivity (Wildman–Crippen MR) is 77.3 cm³/mol. The van der Waals surface area contributed by atoms with Crippen LogP contribution in [-0.2, 0) is 21.4 Å². The molecule has 6 nitrogen and oxygen atoms in total. The summed E-state index contributed by atoms with van der Waals surface area (Å²) >= 11 is 0. The Morgan fingerprint density at radius 3 is 2.60 bits per heavy atom. The van der Waals surface area contributed by atoms with Crippen molar-refractivity contribution in [2.45, 2.75) is 20.4 Å². The van der Waals surface area contributed by atoms with Crippen LogP contribution < -0.4 is 5.32 Å². The van der Waals surface area contributed by atoms with Crippen LogP contribution >= 0.6 is 0 Å². The van der Waals surface area contributed by atoms with Crippen molar-refractivity contribution >= 4 is 15.9 Å². The fraction of sp³-hybridized carbons (Fsp3) is 0.538. The Morgan fingerprint density at radius 2 is 2.10 bits per heavy atom. The van der Waals surface area contributed by atoms with Gasteiger partial charge < -0.3 is 5.32 Å². The number of carbonyl (C=O) groups is 1. The van der Waals surface area contributed by atoms with Gasteiger partial charge in [-0.05, 0) is 18.1 Å². The molecule has 0 aliphatic heterocycles. The van der Waals surface area contributed by atoms with E-state index in [0.29, 0.717) is 13.1 Å². The van der Waals surface area contributed by atoms with Crippen molar-refractivity contribution in [3.8, 4) is 0 Å². The number of amides is 1. The molecule has 1 N–H and O–H groups in total. The maximum atomic E-state index is 11.8. The van der Waals surface area contributed by atoms with E-state index in [0.717, 1.165) is 11.9 Å². The summed E-state index contributed by atoms with van der Waals surface area (Å²) in [5.74, 6) is -0.171. The van der Waals surface area contributed by atoms with E-state index in [1.54, 1.807) is 18.3 Å². The van der Waals surface area contributed by atoms with Crippen molar-refractivity contribution in [3.63, 3.8) is 0 Å². The van der Waals surface area contributed by atoms with E-state index in [1.165, 1.54) is 4.31 Å². The van der Waals surface area contributed by atoms with Gasteiger partial charge in [-0.3, -0.25) is 9.78 Å². The van der Waals surface area contributed by atoms with E-state index < -0.39 is 10.0 Å². The highest BCUT2D eigenvalue weighted by atomic mass is 32.2. The minimum absolute atomic E-state index is 0.160. The molecule has 112 valence electrons. The topological polar surface area (TPSA) is 79.4 Å². The first-order valence-corrected chi connectivity index (χ1v) is 8.25. The first-order chi connectivity index (χ1) is 9.29. The van der Waals surface area contributed by atoms with Crippen LogP contribution in [0.2, 0.25) is 0 Å². The Bertz CT molecular complexity index is 529. The summed E-state index contributed by atoms with van der Waals surface area (Å²) in [5, 5.41) is 2.67. The van der Waals surface area contributed by atoms with Gasteiger partial charge in [0.25, 0.3) is 0 Å². The summed E-state index contributed by atoms with van der Waals surface area (Å²) in [6.07, 6.45) is 2.75. The SMILES string of the molecule is CC(C)CN(CC(=O)NCc1ccccn1)S(C)(=O)=O. The highest BCUT2D eigenvalue weighted by Crippen LogP contribution is 2.03. The first kappa shape index (κ1) is 16.6. The van der Waals surface area contributed by atoms with E-state index >= 15 is 0 Å². The lowest BCUT2D eigenvalue weighted by atomic mass is 10.2. The molecule has 0 bridgehead atoms. The predicted octanol–water partition coefficient (Wildman–Crippen LogP) is 0.615. The van der Waals surface area contributed by atoms with Crippen molar-refractivity contribution in [3.05, 3.63) is 30.1 Å². The summed E-state index contributed by atoms with van der Waals surface area (Å²) < 4.78 is 24.4. The Labute approximate surface area is 120 Å². The zero-order chi connectivity index (χ0) is 15.2. The molecular formula is C13H21N3O3S. The quantitative estimate of drug-likeness (QED) is 0.800. The van der Waals surface area contributed by atoms with Gasteiger partial charge >= 0.3 is 0 Å². The number of sulfonamides is 1. The van der Waals surface area contributed by atoms with Gasteiger partial charge in [0.2, 0.25) is 15.9 Å². The second-order valence-electron chi connectivity index (χ2n) is 5.05. The lowest BCUT2D eigenvalue weighted by Crippen LogP contribution is -2.41. The average Bonchev–Trinajstić information content (AvgIpc) is 2.35. The fourth-order valence-electron chi connectivity index (χ4n) is 1.63. The number of hydrogen-bond donors (Lipinski definition) is 1. The van der Waals surface area contributed by atoms with E-state index in [1.807, 2.05) is 19.9 Å². The molecule has 0 atom stereocenters. The molecule has 0 fully saturated rings. The van der Waals surface area contributed by atoms with Gasteiger partial charge in [0, 0.05) is 12.7 Å². The molecule has 0 aliphatic carbocycles. The lowest BCUT2D eigenvalue weighted by Gasteiger charge is -2.21. The van der Waals surface area contributed by atoms with Crippen molar-refractivity contribution in [1.82, 2.24) is 14.6 Å². The molecule has 1 rings (SSSR count). The van der Waals surface area contributed by atoms with Gasteiger partial charge in [0.1, 0.15) is 0 Å². The monoisotopic (exact) mass is 299 g/mol. The third-order valence-electron chi connectivity index (χ3n) is 2.55. The van der Waals surface area contributed by atoms with Crippen LogP contribution in [-0.4, -0.2) is 43.0 Å². The molecule has 1 heterocycles. The average molecular weight is 299 g/mol. The second-order valence-corrected chi connectivity index (χ2v) is 7.03. The molecule has 0 unspecified atom stereocenters. The fourth-order valence-corrected chi connectivity index (χ4v) is 2.55. The second kappa shape index (κ2) is 7.35. The van der Waals surface area contributed by atoms with Crippen LogP contribution in [0.15, 0.2) is 24.4 Å². The molecule has 7 heteroatoms. The number of pyridine rings is 1. The van der Waals surface area contributed by atoms with Crippen LogP contribution in [0.3, 0.4) is 0 Å². The molecule has 0 aromatic carbocycles. The number of nitrogens with one attached hydrogen (secondary N) is 1. The Kier molecular flexibility index (Phi) is 6.09. The van der Waals surface area contributed by atoms with E-state index in [9.17, 15) is 13.2 Å². The Balaban J connectivity index is 2.54. The van der Waals surface area contributed by atoms with Crippen molar-refractivity contribution in [2.24, 2.45) is 5.92 Å². The minimum Gasteiger partial charge on any atom is -0.349 e. The summed E-state index contributed by atoms with van der Waals surface area (Å²) in [5.41, 5.74) is 0.732. The number of aromatic nitrogens is 1. The molecular weight excluding hydrogens is 278 g/mol. The summed E-state index contributed by atoms with van der Waals surface area (Å²) in [6.45, 7) is 4.27. The smallest absolute Gasteiger partial charge is 0.235 e. The molecule has 0 radical (unpaired) electrons.